The van der Waals surface area contributed by atoms with E-state index in [2.05, 4.69) is 0 Å². The van der Waals surface area contributed by atoms with Crippen LogP contribution in [0, 0.1) is 6.92 Å². The molecule has 0 radical (unpaired) electrons. The van der Waals surface area contributed by atoms with Gasteiger partial charge in [-0.1, -0.05) is 24.3 Å². The van der Waals surface area contributed by atoms with E-state index in [1.165, 1.54) is 0 Å². The third-order valence-corrected chi connectivity index (χ3v) is 3.51. The molecule has 1 N–H and O–H groups in total. The zero-order chi connectivity index (χ0) is 11.1. The Morgan fingerprint density at radius 3 is 2.60 bits per heavy atom. The van der Waals surface area contributed by atoms with E-state index in [1.807, 2.05) is 31.2 Å². The molecule has 4 nitrogen and oxygen atoms in total. The normalized spacial score (nSPS) is 25.2. The molecule has 1 aromatic rings. The average molecular weight is 228 g/mol. The summed E-state index contributed by atoms with van der Waals surface area (Å²) in [5.74, 6) is 0. The van der Waals surface area contributed by atoms with Gasteiger partial charge >= 0.3 is 0 Å². The van der Waals surface area contributed by atoms with Crippen molar-refractivity contribution in [1.82, 2.24) is 0 Å². The standard InChI is InChI=1S/C10H12O4S/c1-7-4-2-3-5-8(7)6-9-10(14-9)15(11,12)13/h2-5,9-10H,6H2,1H3,(H,11,12,13)/t9-,10-/m1/s1. The third kappa shape index (κ3) is 2.37. The van der Waals surface area contributed by atoms with Crippen LogP contribution in [0.15, 0.2) is 24.3 Å². The van der Waals surface area contributed by atoms with Crippen LogP contribution in [0.4, 0.5) is 0 Å². The minimum absolute atomic E-state index is 0.402. The Morgan fingerprint density at radius 2 is 2.07 bits per heavy atom. The van der Waals surface area contributed by atoms with Crippen molar-refractivity contribution in [3.8, 4) is 0 Å². The average Bonchev–Trinajstić information content (AvgIpc) is 2.87. The van der Waals surface area contributed by atoms with Crippen LogP contribution < -0.4 is 0 Å². The molecule has 82 valence electrons. The smallest absolute Gasteiger partial charge is 0.294 e. The predicted molar refractivity (Wildman–Crippen MR) is 55.1 cm³/mol. The quantitative estimate of drug-likeness (QED) is 0.622. The van der Waals surface area contributed by atoms with Crippen LogP contribution in [-0.2, 0) is 21.3 Å². The first-order chi connectivity index (χ1) is 6.98. The van der Waals surface area contributed by atoms with Crippen LogP contribution in [-0.4, -0.2) is 24.5 Å². The molecule has 0 amide bonds. The highest BCUT2D eigenvalue weighted by Crippen LogP contribution is 2.30. The molecule has 0 aliphatic carbocycles. The molecule has 1 aliphatic heterocycles. The van der Waals surface area contributed by atoms with Gasteiger partial charge in [-0.05, 0) is 18.1 Å². The summed E-state index contributed by atoms with van der Waals surface area (Å²) in [6.45, 7) is 1.96. The SMILES string of the molecule is Cc1ccccc1C[C@H]1O[C@@H]1S(=O)(=O)O. The number of hydrogen-bond acceptors (Lipinski definition) is 3. The Kier molecular flexibility index (Phi) is 2.54. The van der Waals surface area contributed by atoms with Crippen LogP contribution >= 0.6 is 0 Å². The van der Waals surface area contributed by atoms with Gasteiger partial charge in [0.1, 0.15) is 6.10 Å². The summed E-state index contributed by atoms with van der Waals surface area (Å²) in [5, 5.41) is 0. The van der Waals surface area contributed by atoms with Gasteiger partial charge in [0, 0.05) is 6.42 Å². The van der Waals surface area contributed by atoms with Crippen molar-refractivity contribution in [2.45, 2.75) is 24.9 Å². The van der Waals surface area contributed by atoms with Gasteiger partial charge in [0.2, 0.25) is 5.44 Å². The molecule has 0 unspecified atom stereocenters. The largest absolute Gasteiger partial charge is 0.350 e. The molecule has 1 aromatic carbocycles. The molecule has 15 heavy (non-hydrogen) atoms. The highest BCUT2D eigenvalue weighted by atomic mass is 32.2. The number of ether oxygens (including phenoxy) is 1. The molecular weight excluding hydrogens is 216 g/mol. The fourth-order valence-corrected chi connectivity index (χ4v) is 2.35. The number of aryl methyl sites for hydroxylation is 1. The van der Waals surface area contributed by atoms with Crippen molar-refractivity contribution in [3.63, 3.8) is 0 Å². The summed E-state index contributed by atoms with van der Waals surface area (Å²) < 4.78 is 35.0. The van der Waals surface area contributed by atoms with E-state index in [9.17, 15) is 8.42 Å². The Morgan fingerprint density at radius 1 is 1.40 bits per heavy atom. The lowest BCUT2D eigenvalue weighted by Crippen LogP contribution is -2.10. The highest BCUT2D eigenvalue weighted by Gasteiger charge is 2.48. The zero-order valence-electron chi connectivity index (χ0n) is 8.25. The van der Waals surface area contributed by atoms with Crippen LogP contribution in [0.25, 0.3) is 0 Å². The Hall–Kier alpha value is -0.910. The molecule has 0 aromatic heterocycles. The van der Waals surface area contributed by atoms with Crippen LogP contribution in [0.3, 0.4) is 0 Å². The molecule has 2 rings (SSSR count). The van der Waals surface area contributed by atoms with Crippen molar-refractivity contribution < 1.29 is 17.7 Å². The van der Waals surface area contributed by atoms with Gasteiger partial charge < -0.3 is 4.74 Å². The molecule has 2 atom stereocenters. The second kappa shape index (κ2) is 3.59. The van der Waals surface area contributed by atoms with Crippen molar-refractivity contribution in [2.75, 3.05) is 0 Å². The van der Waals surface area contributed by atoms with Gasteiger partial charge in [-0.3, -0.25) is 4.55 Å². The van der Waals surface area contributed by atoms with Gasteiger partial charge in [-0.15, -0.1) is 0 Å². The van der Waals surface area contributed by atoms with Crippen LogP contribution in [0.5, 0.6) is 0 Å². The summed E-state index contributed by atoms with van der Waals surface area (Å²) >= 11 is 0. The molecule has 0 bridgehead atoms. The Labute approximate surface area is 88.6 Å². The lowest BCUT2D eigenvalue weighted by atomic mass is 10.0. The molecular formula is C10H12O4S. The van der Waals surface area contributed by atoms with Crippen molar-refractivity contribution in [3.05, 3.63) is 35.4 Å². The van der Waals surface area contributed by atoms with E-state index in [0.717, 1.165) is 11.1 Å². The maximum absolute atomic E-state index is 10.7. The summed E-state index contributed by atoms with van der Waals surface area (Å²) in [6, 6.07) is 7.71. The van der Waals surface area contributed by atoms with E-state index in [0.29, 0.717) is 6.42 Å². The number of epoxide rings is 1. The Bertz CT molecular complexity index is 466. The van der Waals surface area contributed by atoms with E-state index in [1.54, 1.807) is 0 Å². The predicted octanol–water partition coefficient (Wildman–Crippen LogP) is 1.15. The fourth-order valence-electron chi connectivity index (χ4n) is 1.59. The zero-order valence-corrected chi connectivity index (χ0v) is 9.07. The summed E-state index contributed by atoms with van der Waals surface area (Å²) in [4.78, 5) is 0. The Balaban J connectivity index is 2.05. The molecule has 0 spiro atoms. The number of rotatable bonds is 3. The fraction of sp³-hybridized carbons (Fsp3) is 0.400. The second-order valence-electron chi connectivity index (χ2n) is 3.69. The summed E-state index contributed by atoms with van der Waals surface area (Å²) in [6.07, 6.45) is 0.123. The molecule has 1 aliphatic rings. The van der Waals surface area contributed by atoms with E-state index in [-0.39, 0.29) is 0 Å². The third-order valence-electron chi connectivity index (χ3n) is 2.51. The lowest BCUT2D eigenvalue weighted by Gasteiger charge is -2.01. The number of benzene rings is 1. The first-order valence-corrected chi connectivity index (χ1v) is 6.15. The van der Waals surface area contributed by atoms with Gasteiger partial charge in [0.25, 0.3) is 10.1 Å². The highest BCUT2D eigenvalue weighted by molar-refractivity contribution is 7.86. The second-order valence-corrected chi connectivity index (χ2v) is 5.18. The van der Waals surface area contributed by atoms with Crippen molar-refractivity contribution in [1.29, 1.82) is 0 Å². The van der Waals surface area contributed by atoms with Crippen molar-refractivity contribution >= 4 is 10.1 Å². The summed E-state index contributed by atoms with van der Waals surface area (Å²) in [5.41, 5.74) is 1.12. The van der Waals surface area contributed by atoms with E-state index < -0.39 is 21.7 Å². The minimum Gasteiger partial charge on any atom is -0.350 e. The van der Waals surface area contributed by atoms with Crippen LogP contribution in [0.2, 0.25) is 0 Å². The minimum atomic E-state index is -4.03. The van der Waals surface area contributed by atoms with Gasteiger partial charge in [-0.2, -0.15) is 8.42 Å². The topological polar surface area (TPSA) is 66.9 Å². The number of hydrogen-bond donors (Lipinski definition) is 1. The monoisotopic (exact) mass is 228 g/mol. The molecule has 1 fully saturated rings. The van der Waals surface area contributed by atoms with Gasteiger partial charge in [-0.25, -0.2) is 0 Å². The van der Waals surface area contributed by atoms with E-state index >= 15 is 0 Å². The molecule has 1 saturated heterocycles. The molecule has 5 heteroatoms. The maximum Gasteiger partial charge on any atom is 0.294 e. The first kappa shape index (κ1) is 10.6. The van der Waals surface area contributed by atoms with Gasteiger partial charge in [0.15, 0.2) is 0 Å². The molecule has 0 saturated carbocycles. The first-order valence-electron chi connectivity index (χ1n) is 4.65. The van der Waals surface area contributed by atoms with Crippen molar-refractivity contribution in [2.24, 2.45) is 0 Å². The van der Waals surface area contributed by atoms with Gasteiger partial charge in [0.05, 0.1) is 0 Å². The molecule has 1 heterocycles. The summed E-state index contributed by atoms with van der Waals surface area (Å²) in [7, 11) is -4.03. The van der Waals surface area contributed by atoms with E-state index in [4.69, 9.17) is 9.29 Å². The maximum atomic E-state index is 10.7. The lowest BCUT2D eigenvalue weighted by molar-refractivity contribution is 0.379. The van der Waals surface area contributed by atoms with Crippen LogP contribution in [0.1, 0.15) is 11.1 Å².